The summed E-state index contributed by atoms with van der Waals surface area (Å²) in [6, 6.07) is 8.55. The molecule has 0 bridgehead atoms. The lowest BCUT2D eigenvalue weighted by atomic mass is 10.0. The van der Waals surface area contributed by atoms with E-state index in [0.717, 1.165) is 13.1 Å². The van der Waals surface area contributed by atoms with E-state index in [9.17, 15) is 4.79 Å². The summed E-state index contributed by atoms with van der Waals surface area (Å²) < 4.78 is 5.22. The van der Waals surface area contributed by atoms with Crippen LogP contribution in [0, 0.1) is 0 Å². The minimum absolute atomic E-state index is 0.460. The molecule has 0 aromatic heterocycles. The van der Waals surface area contributed by atoms with Crippen LogP contribution in [0.1, 0.15) is 30.9 Å². The monoisotopic (exact) mass is 263 g/mol. The maximum atomic E-state index is 10.9. The summed E-state index contributed by atoms with van der Waals surface area (Å²) in [5.74, 6) is -0.339. The molecule has 1 unspecified atom stereocenters. The average Bonchev–Trinajstić information content (AvgIpc) is 2.39. The van der Waals surface area contributed by atoms with E-state index in [-0.39, 0.29) is 0 Å². The van der Waals surface area contributed by atoms with Crippen molar-refractivity contribution in [2.75, 3.05) is 19.7 Å². The van der Waals surface area contributed by atoms with Crippen LogP contribution >= 0.6 is 0 Å². The predicted molar refractivity (Wildman–Crippen MR) is 73.2 cm³/mol. The van der Waals surface area contributed by atoms with E-state index >= 15 is 0 Å². The van der Waals surface area contributed by atoms with Crippen LogP contribution in [0.4, 0.5) is 0 Å². The Balaban J connectivity index is 1.95. The zero-order chi connectivity index (χ0) is 13.8. The standard InChI is InChI=1S/C15H21NO3/c1-11(2)13-5-3-12(4-6-13)9-16-7-8-19-14(10-16)15(17)18/h3-6,11,14H,7-10H2,1-2H3,(H,17,18). The Labute approximate surface area is 114 Å². The van der Waals surface area contributed by atoms with Crippen molar-refractivity contribution in [3.05, 3.63) is 35.4 Å². The Hall–Kier alpha value is -1.39. The van der Waals surface area contributed by atoms with Crippen molar-refractivity contribution in [2.45, 2.75) is 32.4 Å². The second-order valence-electron chi connectivity index (χ2n) is 5.33. The van der Waals surface area contributed by atoms with Crippen LogP contribution in [-0.4, -0.2) is 41.8 Å². The molecule has 1 fully saturated rings. The molecule has 1 heterocycles. The highest BCUT2D eigenvalue weighted by atomic mass is 16.5. The minimum Gasteiger partial charge on any atom is -0.479 e. The second-order valence-corrected chi connectivity index (χ2v) is 5.33. The number of hydrogen-bond donors (Lipinski definition) is 1. The number of benzene rings is 1. The molecule has 0 amide bonds. The van der Waals surface area contributed by atoms with Gasteiger partial charge in [-0.05, 0) is 17.0 Å². The Morgan fingerprint density at radius 2 is 2.11 bits per heavy atom. The van der Waals surface area contributed by atoms with Crippen LogP contribution in [-0.2, 0) is 16.1 Å². The summed E-state index contributed by atoms with van der Waals surface area (Å²) >= 11 is 0. The molecule has 1 atom stereocenters. The van der Waals surface area contributed by atoms with Crippen molar-refractivity contribution in [1.29, 1.82) is 0 Å². The van der Waals surface area contributed by atoms with Gasteiger partial charge >= 0.3 is 5.97 Å². The first kappa shape index (κ1) is 14.0. The van der Waals surface area contributed by atoms with Gasteiger partial charge in [0.15, 0.2) is 6.10 Å². The molecule has 0 saturated carbocycles. The molecule has 1 aromatic rings. The van der Waals surface area contributed by atoms with Gasteiger partial charge in [-0.25, -0.2) is 4.79 Å². The summed E-state index contributed by atoms with van der Waals surface area (Å²) in [6.07, 6.45) is -0.691. The van der Waals surface area contributed by atoms with Gasteiger partial charge in [0.2, 0.25) is 0 Å². The number of carboxylic acid groups (broad SMARTS) is 1. The lowest BCUT2D eigenvalue weighted by Crippen LogP contribution is -2.45. The number of morpholine rings is 1. The topological polar surface area (TPSA) is 49.8 Å². The largest absolute Gasteiger partial charge is 0.479 e. The van der Waals surface area contributed by atoms with E-state index in [1.807, 2.05) is 0 Å². The van der Waals surface area contributed by atoms with Gasteiger partial charge < -0.3 is 9.84 Å². The van der Waals surface area contributed by atoms with Gasteiger partial charge in [0.1, 0.15) is 0 Å². The third kappa shape index (κ3) is 3.78. The average molecular weight is 263 g/mol. The summed E-state index contributed by atoms with van der Waals surface area (Å²) in [5.41, 5.74) is 2.55. The van der Waals surface area contributed by atoms with Crippen molar-refractivity contribution in [3.63, 3.8) is 0 Å². The van der Waals surface area contributed by atoms with Gasteiger partial charge in [0, 0.05) is 19.6 Å². The van der Waals surface area contributed by atoms with Gasteiger partial charge in [-0.2, -0.15) is 0 Å². The third-order valence-corrected chi connectivity index (χ3v) is 3.48. The lowest BCUT2D eigenvalue weighted by molar-refractivity contribution is -0.156. The Morgan fingerprint density at radius 1 is 1.42 bits per heavy atom. The summed E-state index contributed by atoms with van der Waals surface area (Å²) in [5, 5.41) is 8.97. The highest BCUT2D eigenvalue weighted by Gasteiger charge is 2.25. The van der Waals surface area contributed by atoms with Crippen LogP contribution in [0.25, 0.3) is 0 Å². The molecule has 19 heavy (non-hydrogen) atoms. The van der Waals surface area contributed by atoms with E-state index in [2.05, 4.69) is 43.0 Å². The van der Waals surface area contributed by atoms with E-state index in [0.29, 0.717) is 19.1 Å². The fourth-order valence-corrected chi connectivity index (χ4v) is 2.26. The quantitative estimate of drug-likeness (QED) is 0.903. The Morgan fingerprint density at radius 3 is 2.68 bits per heavy atom. The van der Waals surface area contributed by atoms with Crippen LogP contribution in [0.3, 0.4) is 0 Å². The molecule has 4 nitrogen and oxygen atoms in total. The third-order valence-electron chi connectivity index (χ3n) is 3.48. The molecule has 0 spiro atoms. The number of carbonyl (C=O) groups is 1. The first-order valence-corrected chi connectivity index (χ1v) is 6.72. The van der Waals surface area contributed by atoms with Crippen molar-refractivity contribution in [1.82, 2.24) is 4.90 Å². The zero-order valence-corrected chi connectivity index (χ0v) is 11.5. The molecule has 0 radical (unpaired) electrons. The first-order chi connectivity index (χ1) is 9.06. The number of carboxylic acids is 1. The summed E-state index contributed by atoms with van der Waals surface area (Å²) in [7, 11) is 0. The van der Waals surface area contributed by atoms with E-state index in [1.165, 1.54) is 11.1 Å². The zero-order valence-electron chi connectivity index (χ0n) is 11.5. The molecule has 1 aliphatic rings. The molecule has 1 aromatic carbocycles. The van der Waals surface area contributed by atoms with Gasteiger partial charge in [-0.1, -0.05) is 38.1 Å². The minimum atomic E-state index is -0.875. The molecule has 1 N–H and O–H groups in total. The van der Waals surface area contributed by atoms with Gasteiger partial charge in [-0.3, -0.25) is 4.90 Å². The van der Waals surface area contributed by atoms with E-state index in [1.54, 1.807) is 0 Å². The van der Waals surface area contributed by atoms with Crippen molar-refractivity contribution >= 4 is 5.97 Å². The fourth-order valence-electron chi connectivity index (χ4n) is 2.26. The number of rotatable bonds is 4. The molecule has 104 valence electrons. The molecule has 4 heteroatoms. The maximum absolute atomic E-state index is 10.9. The SMILES string of the molecule is CC(C)c1ccc(CN2CCOC(C(=O)O)C2)cc1. The number of nitrogens with zero attached hydrogens (tertiary/aromatic N) is 1. The number of hydrogen-bond acceptors (Lipinski definition) is 3. The van der Waals surface area contributed by atoms with Crippen molar-refractivity contribution < 1.29 is 14.6 Å². The van der Waals surface area contributed by atoms with Crippen molar-refractivity contribution in [2.24, 2.45) is 0 Å². The van der Waals surface area contributed by atoms with Crippen molar-refractivity contribution in [3.8, 4) is 0 Å². The highest BCUT2D eigenvalue weighted by Crippen LogP contribution is 2.16. The Bertz CT molecular complexity index is 428. The van der Waals surface area contributed by atoms with Gasteiger partial charge in [-0.15, -0.1) is 0 Å². The van der Waals surface area contributed by atoms with Crippen LogP contribution in [0.5, 0.6) is 0 Å². The number of ether oxygens (including phenoxy) is 1. The second kappa shape index (κ2) is 6.17. The summed E-state index contributed by atoms with van der Waals surface area (Å²) in [6.45, 7) is 6.87. The molecule has 1 saturated heterocycles. The Kier molecular flexibility index (Phi) is 4.56. The van der Waals surface area contributed by atoms with Gasteiger partial charge in [0.25, 0.3) is 0 Å². The number of aliphatic carboxylic acids is 1. The summed E-state index contributed by atoms with van der Waals surface area (Å²) in [4.78, 5) is 13.1. The predicted octanol–water partition coefficient (Wildman–Crippen LogP) is 2.10. The first-order valence-electron chi connectivity index (χ1n) is 6.72. The van der Waals surface area contributed by atoms with E-state index < -0.39 is 12.1 Å². The smallest absolute Gasteiger partial charge is 0.334 e. The molecule has 0 aliphatic carbocycles. The maximum Gasteiger partial charge on any atom is 0.334 e. The van der Waals surface area contributed by atoms with E-state index in [4.69, 9.17) is 9.84 Å². The fraction of sp³-hybridized carbons (Fsp3) is 0.533. The van der Waals surface area contributed by atoms with Crippen LogP contribution in [0.2, 0.25) is 0 Å². The van der Waals surface area contributed by atoms with Crippen LogP contribution in [0.15, 0.2) is 24.3 Å². The van der Waals surface area contributed by atoms with Gasteiger partial charge in [0.05, 0.1) is 6.61 Å². The molecule has 2 rings (SSSR count). The molecule has 1 aliphatic heterocycles. The highest BCUT2D eigenvalue weighted by molar-refractivity contribution is 5.72. The van der Waals surface area contributed by atoms with Crippen LogP contribution < -0.4 is 0 Å². The lowest BCUT2D eigenvalue weighted by Gasteiger charge is -2.30. The molecular formula is C15H21NO3. The molecular weight excluding hydrogens is 242 g/mol. The normalized spacial score (nSPS) is 20.7.